The molecule has 0 radical (unpaired) electrons. The molecular weight excluding hydrogens is 174 g/mol. The fraction of sp³-hybridized carbons (Fsp3) is 0.800. The first-order valence-electron chi connectivity index (χ1n) is 2.54. The first kappa shape index (κ1) is 12.7. The van der Waals surface area contributed by atoms with Crippen LogP contribution in [-0.2, 0) is 9.53 Å². The van der Waals surface area contributed by atoms with Gasteiger partial charge in [-0.3, -0.25) is 4.79 Å². The van der Waals surface area contributed by atoms with Crippen LogP contribution in [0.25, 0.3) is 0 Å². The van der Waals surface area contributed by atoms with Crippen molar-refractivity contribution >= 4 is 30.1 Å². The van der Waals surface area contributed by atoms with E-state index in [0.29, 0.717) is 5.75 Å². The Morgan fingerprint density at radius 2 is 2.30 bits per heavy atom. The van der Waals surface area contributed by atoms with Gasteiger partial charge in [0.25, 0.3) is 0 Å². The van der Waals surface area contributed by atoms with E-state index in [1.54, 1.807) is 0 Å². The molecule has 0 aromatic carbocycles. The standard InChI is InChI=1S/C5H11NO2S.ClH/c1-8-5(7)4(6)3-9-2;/h4H,3,6H2,1-2H3;1H. The summed E-state index contributed by atoms with van der Waals surface area (Å²) < 4.78 is 4.39. The van der Waals surface area contributed by atoms with Crippen molar-refractivity contribution in [2.45, 2.75) is 6.04 Å². The average molecular weight is 186 g/mol. The number of carbonyl (C=O) groups excluding carboxylic acids is 1. The van der Waals surface area contributed by atoms with Crippen LogP contribution in [0.15, 0.2) is 0 Å². The molecule has 0 saturated heterocycles. The Balaban J connectivity index is 0. The number of carbonyl (C=O) groups is 1. The summed E-state index contributed by atoms with van der Waals surface area (Å²) in [6.07, 6.45) is 1.89. The zero-order chi connectivity index (χ0) is 7.28. The van der Waals surface area contributed by atoms with Crippen molar-refractivity contribution in [3.05, 3.63) is 0 Å². The number of halogens is 1. The average Bonchev–Trinajstić information content (AvgIpc) is 1.87. The van der Waals surface area contributed by atoms with E-state index >= 15 is 0 Å². The van der Waals surface area contributed by atoms with Crippen molar-refractivity contribution in [2.24, 2.45) is 5.73 Å². The van der Waals surface area contributed by atoms with E-state index in [0.717, 1.165) is 0 Å². The molecular formula is C5H12ClNO2S. The topological polar surface area (TPSA) is 52.3 Å². The number of rotatable bonds is 3. The summed E-state index contributed by atoms with van der Waals surface area (Å²) in [4.78, 5) is 10.5. The number of esters is 1. The quantitative estimate of drug-likeness (QED) is 0.642. The Hall–Kier alpha value is 0.0700. The molecule has 5 heteroatoms. The smallest absolute Gasteiger partial charge is 0.323 e. The highest BCUT2D eigenvalue weighted by atomic mass is 35.5. The molecule has 0 amide bonds. The third-order valence-corrected chi connectivity index (χ3v) is 1.54. The summed E-state index contributed by atoms with van der Waals surface area (Å²) in [5.41, 5.74) is 5.34. The molecule has 0 aliphatic heterocycles. The van der Waals surface area contributed by atoms with E-state index in [9.17, 15) is 4.79 Å². The minimum Gasteiger partial charge on any atom is -0.468 e. The molecule has 0 saturated carbocycles. The fourth-order valence-electron chi connectivity index (χ4n) is 0.399. The van der Waals surface area contributed by atoms with Crippen LogP contribution in [0.5, 0.6) is 0 Å². The summed E-state index contributed by atoms with van der Waals surface area (Å²) in [6, 6.07) is -0.468. The van der Waals surface area contributed by atoms with Crippen molar-refractivity contribution in [1.29, 1.82) is 0 Å². The Morgan fingerprint density at radius 3 is 2.60 bits per heavy atom. The summed E-state index contributed by atoms with van der Waals surface area (Å²) in [6.45, 7) is 0. The van der Waals surface area contributed by atoms with Crippen LogP contribution in [0, 0.1) is 0 Å². The predicted octanol–water partition coefficient (Wildman–Crippen LogP) is 0.272. The van der Waals surface area contributed by atoms with Gasteiger partial charge in [-0.15, -0.1) is 12.4 Å². The van der Waals surface area contributed by atoms with Crippen LogP contribution in [0.3, 0.4) is 0 Å². The zero-order valence-corrected chi connectivity index (χ0v) is 7.63. The van der Waals surface area contributed by atoms with E-state index < -0.39 is 6.04 Å². The SMILES string of the molecule is COC(=O)C(N)CSC.Cl. The van der Waals surface area contributed by atoms with E-state index in [-0.39, 0.29) is 18.4 Å². The van der Waals surface area contributed by atoms with Gasteiger partial charge in [0.05, 0.1) is 7.11 Å². The maximum absolute atomic E-state index is 10.5. The first-order chi connectivity index (χ1) is 4.22. The molecule has 0 rings (SSSR count). The van der Waals surface area contributed by atoms with Gasteiger partial charge in [-0.05, 0) is 6.26 Å². The van der Waals surface area contributed by atoms with Crippen LogP contribution in [0.4, 0.5) is 0 Å². The number of ether oxygens (including phenoxy) is 1. The predicted molar refractivity (Wildman–Crippen MR) is 45.6 cm³/mol. The van der Waals surface area contributed by atoms with Crippen molar-refractivity contribution in [2.75, 3.05) is 19.1 Å². The van der Waals surface area contributed by atoms with Crippen molar-refractivity contribution in [3.8, 4) is 0 Å². The lowest BCUT2D eigenvalue weighted by Crippen LogP contribution is -2.33. The zero-order valence-electron chi connectivity index (χ0n) is 5.99. The van der Waals surface area contributed by atoms with Gasteiger partial charge in [0.2, 0.25) is 0 Å². The molecule has 62 valence electrons. The van der Waals surface area contributed by atoms with Gasteiger partial charge >= 0.3 is 5.97 Å². The van der Waals surface area contributed by atoms with E-state index in [1.807, 2.05) is 6.26 Å². The second kappa shape index (κ2) is 7.18. The second-order valence-electron chi connectivity index (χ2n) is 1.58. The van der Waals surface area contributed by atoms with Crippen LogP contribution >= 0.6 is 24.2 Å². The van der Waals surface area contributed by atoms with Gasteiger partial charge < -0.3 is 10.5 Å². The largest absolute Gasteiger partial charge is 0.468 e. The number of nitrogens with two attached hydrogens (primary N) is 1. The molecule has 0 spiro atoms. The van der Waals surface area contributed by atoms with Gasteiger partial charge in [0.15, 0.2) is 0 Å². The number of hydrogen-bond acceptors (Lipinski definition) is 4. The van der Waals surface area contributed by atoms with Gasteiger partial charge in [-0.25, -0.2) is 0 Å². The van der Waals surface area contributed by atoms with Crippen LogP contribution < -0.4 is 5.73 Å². The molecule has 0 bridgehead atoms. The van der Waals surface area contributed by atoms with Crippen molar-refractivity contribution < 1.29 is 9.53 Å². The highest BCUT2D eigenvalue weighted by Gasteiger charge is 2.11. The number of thioether (sulfide) groups is 1. The summed E-state index contributed by atoms with van der Waals surface area (Å²) in [5, 5.41) is 0. The molecule has 0 aliphatic rings. The van der Waals surface area contributed by atoms with E-state index in [2.05, 4.69) is 4.74 Å². The Labute approximate surface area is 71.1 Å². The second-order valence-corrected chi connectivity index (χ2v) is 2.50. The van der Waals surface area contributed by atoms with Gasteiger partial charge in [0, 0.05) is 5.75 Å². The summed E-state index contributed by atoms with van der Waals surface area (Å²) in [7, 11) is 1.34. The highest BCUT2D eigenvalue weighted by Crippen LogP contribution is 1.95. The van der Waals surface area contributed by atoms with Crippen LogP contribution in [0.2, 0.25) is 0 Å². The molecule has 3 nitrogen and oxygen atoms in total. The molecule has 0 heterocycles. The maximum Gasteiger partial charge on any atom is 0.323 e. The Bertz CT molecular complexity index is 102. The minimum atomic E-state index is -0.468. The number of methoxy groups -OCH3 is 1. The Kier molecular flexibility index (Phi) is 9.13. The van der Waals surface area contributed by atoms with Crippen molar-refractivity contribution in [3.63, 3.8) is 0 Å². The minimum absolute atomic E-state index is 0. The Morgan fingerprint density at radius 1 is 1.80 bits per heavy atom. The van der Waals surface area contributed by atoms with Crippen LogP contribution in [0.1, 0.15) is 0 Å². The van der Waals surface area contributed by atoms with E-state index in [4.69, 9.17) is 5.73 Å². The third kappa shape index (κ3) is 4.90. The molecule has 2 N–H and O–H groups in total. The normalized spacial score (nSPS) is 11.5. The molecule has 1 unspecified atom stereocenters. The lowest BCUT2D eigenvalue weighted by Gasteiger charge is -2.05. The molecule has 0 aliphatic carbocycles. The van der Waals surface area contributed by atoms with Crippen LogP contribution in [-0.4, -0.2) is 31.1 Å². The molecule has 1 atom stereocenters. The third-order valence-electron chi connectivity index (χ3n) is 0.850. The number of hydrogen-bond donors (Lipinski definition) is 1. The van der Waals surface area contributed by atoms with Gasteiger partial charge in [-0.1, -0.05) is 0 Å². The fourth-order valence-corrected chi connectivity index (χ4v) is 0.894. The summed E-state index contributed by atoms with van der Waals surface area (Å²) >= 11 is 1.53. The monoisotopic (exact) mass is 185 g/mol. The van der Waals surface area contributed by atoms with E-state index in [1.165, 1.54) is 18.9 Å². The summed E-state index contributed by atoms with van der Waals surface area (Å²) in [5.74, 6) is 0.275. The lowest BCUT2D eigenvalue weighted by molar-refractivity contribution is -0.141. The van der Waals surface area contributed by atoms with Gasteiger partial charge in [0.1, 0.15) is 6.04 Å². The molecule has 0 aromatic heterocycles. The van der Waals surface area contributed by atoms with Gasteiger partial charge in [-0.2, -0.15) is 11.8 Å². The maximum atomic E-state index is 10.5. The van der Waals surface area contributed by atoms with Crippen molar-refractivity contribution in [1.82, 2.24) is 0 Å². The molecule has 0 fully saturated rings. The highest BCUT2D eigenvalue weighted by molar-refractivity contribution is 7.98. The first-order valence-corrected chi connectivity index (χ1v) is 3.94. The molecule has 10 heavy (non-hydrogen) atoms. The molecule has 0 aromatic rings. The lowest BCUT2D eigenvalue weighted by atomic mass is 10.4.